The Morgan fingerprint density at radius 2 is 2.00 bits per heavy atom. The van der Waals surface area contributed by atoms with Gasteiger partial charge in [-0.15, -0.1) is 0 Å². The molecule has 0 saturated carbocycles. The fraction of sp³-hybridized carbons (Fsp3) is 0.235. The smallest absolute Gasteiger partial charge is 0.374 e. The number of furan rings is 1. The Morgan fingerprint density at radius 3 is 2.73 bits per heavy atom. The van der Waals surface area contributed by atoms with Crippen LogP contribution in [-0.4, -0.2) is 36.7 Å². The summed E-state index contributed by atoms with van der Waals surface area (Å²) >= 11 is 1.29. The van der Waals surface area contributed by atoms with Crippen LogP contribution in [0.4, 0.5) is 5.13 Å². The molecule has 1 N–H and O–H groups in total. The van der Waals surface area contributed by atoms with Gasteiger partial charge >= 0.3 is 5.97 Å². The van der Waals surface area contributed by atoms with Gasteiger partial charge in [0.2, 0.25) is 5.76 Å². The molecule has 0 bridgehead atoms. The number of nitrogens with zero attached hydrogens (tertiary/aromatic N) is 1. The van der Waals surface area contributed by atoms with Crippen molar-refractivity contribution in [2.45, 2.75) is 6.92 Å². The number of carbonyl (C=O) groups is 2. The number of hydrogen-bond donors (Lipinski definition) is 1. The summed E-state index contributed by atoms with van der Waals surface area (Å²) < 4.78 is 22.0. The molecule has 0 atom stereocenters. The lowest BCUT2D eigenvalue weighted by atomic mass is 10.3. The molecular formula is C17H14N2O6S. The first kappa shape index (κ1) is 16.4. The zero-order valence-electron chi connectivity index (χ0n) is 13.7. The molecular weight excluding hydrogens is 360 g/mol. The van der Waals surface area contributed by atoms with E-state index in [9.17, 15) is 9.59 Å². The average Bonchev–Trinajstić information content (AvgIpc) is 3.22. The summed E-state index contributed by atoms with van der Waals surface area (Å²) in [5.74, 6) is 0.757. The van der Waals surface area contributed by atoms with Crippen LogP contribution < -0.4 is 14.8 Å². The fourth-order valence-electron chi connectivity index (χ4n) is 2.42. The Hall–Kier alpha value is -3.07. The summed E-state index contributed by atoms with van der Waals surface area (Å²) in [6.45, 7) is 2.27. The highest BCUT2D eigenvalue weighted by Crippen LogP contribution is 2.37. The number of nitrogens with one attached hydrogen (secondary N) is 1. The Morgan fingerprint density at radius 1 is 1.23 bits per heavy atom. The summed E-state index contributed by atoms with van der Waals surface area (Å²) in [5.41, 5.74) is 0.692. The molecule has 0 fully saturated rings. The van der Waals surface area contributed by atoms with Crippen LogP contribution in [-0.2, 0) is 9.53 Å². The first-order valence-electron chi connectivity index (χ1n) is 7.82. The number of carbonyl (C=O) groups excluding carboxylic acids is 2. The maximum atomic E-state index is 12.0. The molecule has 2 aromatic heterocycles. The van der Waals surface area contributed by atoms with E-state index < -0.39 is 18.5 Å². The molecule has 1 aliphatic heterocycles. The van der Waals surface area contributed by atoms with Crippen LogP contribution in [0, 0.1) is 6.92 Å². The Balaban J connectivity index is 1.40. The number of benzene rings is 1. The largest absolute Gasteiger partial charge is 0.486 e. The van der Waals surface area contributed by atoms with E-state index in [1.165, 1.54) is 17.4 Å². The number of aryl methyl sites for hydroxylation is 1. The number of rotatable bonds is 4. The van der Waals surface area contributed by atoms with Gasteiger partial charge in [-0.3, -0.25) is 10.1 Å². The van der Waals surface area contributed by atoms with E-state index in [2.05, 4.69) is 10.3 Å². The molecule has 4 rings (SSSR count). The van der Waals surface area contributed by atoms with Crippen LogP contribution in [0.2, 0.25) is 0 Å². The van der Waals surface area contributed by atoms with Crippen molar-refractivity contribution >= 4 is 38.6 Å². The van der Waals surface area contributed by atoms with E-state index in [-0.39, 0.29) is 5.76 Å². The van der Waals surface area contributed by atoms with E-state index in [0.29, 0.717) is 41.1 Å². The van der Waals surface area contributed by atoms with Crippen LogP contribution >= 0.6 is 11.3 Å². The lowest BCUT2D eigenvalue weighted by Gasteiger charge is -2.17. The van der Waals surface area contributed by atoms with Crippen LogP contribution in [0.3, 0.4) is 0 Å². The molecule has 9 heteroatoms. The second-order valence-electron chi connectivity index (χ2n) is 5.52. The molecule has 0 aliphatic carbocycles. The van der Waals surface area contributed by atoms with Gasteiger partial charge in [-0.05, 0) is 19.1 Å². The van der Waals surface area contributed by atoms with Gasteiger partial charge in [-0.25, -0.2) is 9.78 Å². The number of fused-ring (bicyclic) bond motifs is 2. The molecule has 1 aliphatic rings. The molecule has 0 saturated heterocycles. The number of ether oxygens (including phenoxy) is 3. The fourth-order valence-corrected chi connectivity index (χ4v) is 3.31. The summed E-state index contributed by atoms with van der Waals surface area (Å²) in [6, 6.07) is 6.74. The topological polar surface area (TPSA) is 99.9 Å². The minimum Gasteiger partial charge on any atom is -0.486 e. The van der Waals surface area contributed by atoms with E-state index in [1.807, 2.05) is 6.07 Å². The van der Waals surface area contributed by atoms with E-state index in [4.69, 9.17) is 18.6 Å². The van der Waals surface area contributed by atoms with Gasteiger partial charge in [0.1, 0.15) is 19.0 Å². The maximum absolute atomic E-state index is 12.0. The van der Waals surface area contributed by atoms with Crippen LogP contribution in [0.5, 0.6) is 11.5 Å². The van der Waals surface area contributed by atoms with Crippen LogP contribution in [0.15, 0.2) is 28.7 Å². The zero-order valence-corrected chi connectivity index (χ0v) is 14.6. The van der Waals surface area contributed by atoms with Crippen molar-refractivity contribution in [1.82, 2.24) is 4.98 Å². The van der Waals surface area contributed by atoms with Crippen molar-refractivity contribution in [3.8, 4) is 11.5 Å². The lowest BCUT2D eigenvalue weighted by Crippen LogP contribution is -2.20. The first-order valence-corrected chi connectivity index (χ1v) is 8.64. The first-order chi connectivity index (χ1) is 12.6. The summed E-state index contributed by atoms with van der Waals surface area (Å²) in [6.07, 6.45) is 0. The second kappa shape index (κ2) is 6.68. The third-order valence-electron chi connectivity index (χ3n) is 3.57. The van der Waals surface area contributed by atoms with Gasteiger partial charge in [-0.1, -0.05) is 11.3 Å². The molecule has 134 valence electrons. The highest BCUT2D eigenvalue weighted by molar-refractivity contribution is 7.22. The zero-order chi connectivity index (χ0) is 18.1. The number of hydrogen-bond acceptors (Lipinski definition) is 8. The molecule has 0 radical (unpaired) electrons. The number of anilines is 1. The maximum Gasteiger partial charge on any atom is 0.374 e. The van der Waals surface area contributed by atoms with E-state index in [1.54, 1.807) is 19.1 Å². The number of aromatic nitrogens is 1. The second-order valence-corrected chi connectivity index (χ2v) is 6.55. The van der Waals surface area contributed by atoms with Crippen molar-refractivity contribution in [3.05, 3.63) is 35.8 Å². The SMILES string of the molecule is Cc1ccc(C(=O)OCC(=O)Nc2nc3cc4c(cc3s2)OCCO4)o1. The van der Waals surface area contributed by atoms with Crippen molar-refractivity contribution in [2.75, 3.05) is 25.1 Å². The van der Waals surface area contributed by atoms with Crippen LogP contribution in [0.1, 0.15) is 16.3 Å². The van der Waals surface area contributed by atoms with Gasteiger partial charge in [0, 0.05) is 12.1 Å². The van der Waals surface area contributed by atoms with Gasteiger partial charge in [0.15, 0.2) is 23.2 Å². The third-order valence-corrected chi connectivity index (χ3v) is 4.51. The van der Waals surface area contributed by atoms with E-state index in [0.717, 1.165) is 4.70 Å². The summed E-state index contributed by atoms with van der Waals surface area (Å²) in [4.78, 5) is 28.1. The third kappa shape index (κ3) is 3.33. The van der Waals surface area contributed by atoms with Crippen LogP contribution in [0.25, 0.3) is 10.2 Å². The van der Waals surface area contributed by atoms with Gasteiger partial charge in [-0.2, -0.15) is 0 Å². The normalized spacial score (nSPS) is 12.8. The van der Waals surface area contributed by atoms with Crippen molar-refractivity contribution in [3.63, 3.8) is 0 Å². The van der Waals surface area contributed by atoms with Crippen molar-refractivity contribution in [2.24, 2.45) is 0 Å². The van der Waals surface area contributed by atoms with Crippen molar-refractivity contribution in [1.29, 1.82) is 0 Å². The lowest BCUT2D eigenvalue weighted by molar-refractivity contribution is -0.119. The summed E-state index contributed by atoms with van der Waals surface area (Å²) in [5, 5.41) is 3.01. The minimum atomic E-state index is -0.695. The average molecular weight is 374 g/mol. The highest BCUT2D eigenvalue weighted by atomic mass is 32.1. The predicted octanol–water partition coefficient (Wildman–Crippen LogP) is 2.76. The molecule has 3 heterocycles. The number of esters is 1. The standard InChI is InChI=1S/C17H14N2O6S/c1-9-2-3-11(25-9)16(21)24-8-15(20)19-17-18-10-6-12-13(7-14(10)26-17)23-5-4-22-12/h2-3,6-7H,4-5,8H2,1H3,(H,18,19,20). The summed E-state index contributed by atoms with van der Waals surface area (Å²) in [7, 11) is 0. The molecule has 1 amide bonds. The van der Waals surface area contributed by atoms with Gasteiger partial charge < -0.3 is 18.6 Å². The molecule has 1 aromatic carbocycles. The minimum absolute atomic E-state index is 0.0564. The van der Waals surface area contributed by atoms with Gasteiger partial charge in [0.05, 0.1) is 10.2 Å². The molecule has 0 unspecified atom stereocenters. The number of thiazole rings is 1. The Kier molecular flexibility index (Phi) is 4.21. The predicted molar refractivity (Wildman–Crippen MR) is 93.0 cm³/mol. The molecule has 3 aromatic rings. The molecule has 8 nitrogen and oxygen atoms in total. The van der Waals surface area contributed by atoms with Gasteiger partial charge in [0.25, 0.3) is 5.91 Å². The quantitative estimate of drug-likeness (QED) is 0.701. The van der Waals surface area contributed by atoms with Crippen molar-refractivity contribution < 1.29 is 28.2 Å². The number of amides is 1. The monoisotopic (exact) mass is 374 g/mol. The Bertz CT molecular complexity index is 949. The highest BCUT2D eigenvalue weighted by Gasteiger charge is 2.17. The van der Waals surface area contributed by atoms with E-state index >= 15 is 0 Å². The Labute approximate surface area is 151 Å². The molecule has 26 heavy (non-hydrogen) atoms. The molecule has 0 spiro atoms.